The minimum Gasteiger partial charge on any atom is -0.309 e. The van der Waals surface area contributed by atoms with E-state index in [-0.39, 0.29) is 0 Å². The second kappa shape index (κ2) is 13.8. The second-order valence-corrected chi connectivity index (χ2v) is 19.3. The van der Waals surface area contributed by atoms with Crippen molar-refractivity contribution in [1.29, 1.82) is 0 Å². The van der Waals surface area contributed by atoms with E-state index in [2.05, 4.69) is 241 Å². The third kappa shape index (κ3) is 5.36. The third-order valence-corrected chi connectivity index (χ3v) is 15.5. The van der Waals surface area contributed by atoms with Gasteiger partial charge in [-0.2, -0.15) is 0 Å². The molecular weight excluding hydrogens is 831 g/mol. The van der Waals surface area contributed by atoms with Gasteiger partial charge in [0.2, 0.25) is 0 Å². The summed E-state index contributed by atoms with van der Waals surface area (Å²) in [7, 11) is 0. The molecule has 0 aliphatic carbocycles. The molecular formula is C68H39N. The molecule has 16 rings (SSSR count). The number of rotatable bonds is 5. The molecule has 316 valence electrons. The van der Waals surface area contributed by atoms with Crippen LogP contribution in [0.5, 0.6) is 0 Å². The summed E-state index contributed by atoms with van der Waals surface area (Å²) in [5, 5.41) is 23.3. The fourth-order valence-corrected chi connectivity index (χ4v) is 12.3. The zero-order valence-corrected chi connectivity index (χ0v) is 37.5. The Morgan fingerprint density at radius 3 is 0.884 bits per heavy atom. The van der Waals surface area contributed by atoms with Gasteiger partial charge in [-0.3, -0.25) is 0 Å². The summed E-state index contributed by atoms with van der Waals surface area (Å²) in [6, 6.07) is 89.1. The minimum atomic E-state index is 1.19. The lowest BCUT2D eigenvalue weighted by atomic mass is 9.90. The standard InChI is InChI=1S/C68H39N/c1-2-12-59-44(6-1)7-5-13-60(59)69-61-38-57(42-18-14-40(15-19-42)55-32-49-26-22-45-8-3-9-46-23-27-50(33-55)65(49)63(45)46)36-53-30-31-54-37-58(39-62(69)68(54)67(53)61)43-20-16-41(17-21-43)56-34-51-28-24-47-10-4-11-48-25-29-52(35-56)66(51)64(47)48/h1-39H. The Bertz CT molecular complexity index is 4350. The molecule has 0 aliphatic heterocycles. The first kappa shape index (κ1) is 37.1. The molecule has 0 bridgehead atoms. The highest BCUT2D eigenvalue weighted by atomic mass is 15.0. The molecule has 0 atom stereocenters. The zero-order valence-electron chi connectivity index (χ0n) is 37.5. The molecule has 0 saturated carbocycles. The lowest BCUT2D eigenvalue weighted by Gasteiger charge is -2.14. The molecule has 15 aromatic carbocycles. The van der Waals surface area contributed by atoms with Gasteiger partial charge in [0.1, 0.15) is 0 Å². The van der Waals surface area contributed by atoms with Crippen molar-refractivity contribution in [3.05, 3.63) is 237 Å². The van der Waals surface area contributed by atoms with Crippen LogP contribution in [0.25, 0.3) is 158 Å². The van der Waals surface area contributed by atoms with Gasteiger partial charge in [0.25, 0.3) is 0 Å². The molecule has 0 aliphatic rings. The van der Waals surface area contributed by atoms with Gasteiger partial charge in [-0.05, 0) is 180 Å². The van der Waals surface area contributed by atoms with E-state index in [1.807, 2.05) is 0 Å². The predicted octanol–water partition coefficient (Wildman–Crippen LogP) is 19.0. The number of benzene rings is 15. The second-order valence-electron chi connectivity index (χ2n) is 19.3. The van der Waals surface area contributed by atoms with Crippen molar-refractivity contribution < 1.29 is 0 Å². The lowest BCUT2D eigenvalue weighted by molar-refractivity contribution is 1.20. The van der Waals surface area contributed by atoms with E-state index in [0.717, 1.165) is 0 Å². The summed E-state index contributed by atoms with van der Waals surface area (Å²) < 4.78 is 2.54. The first-order valence-corrected chi connectivity index (χ1v) is 24.0. The summed E-state index contributed by atoms with van der Waals surface area (Å²) >= 11 is 0. The molecule has 1 heteroatoms. The van der Waals surface area contributed by atoms with E-state index < -0.39 is 0 Å². The summed E-state index contributed by atoms with van der Waals surface area (Å²) in [5.74, 6) is 0. The number of hydrogen-bond acceptors (Lipinski definition) is 0. The molecule has 16 aromatic rings. The van der Waals surface area contributed by atoms with Crippen molar-refractivity contribution in [1.82, 2.24) is 4.57 Å². The largest absolute Gasteiger partial charge is 0.309 e. The number of fused-ring (bicyclic) bond motifs is 1. The number of aromatic nitrogens is 1. The van der Waals surface area contributed by atoms with E-state index in [4.69, 9.17) is 0 Å². The van der Waals surface area contributed by atoms with Crippen molar-refractivity contribution in [2.75, 3.05) is 0 Å². The zero-order chi connectivity index (χ0) is 44.9. The first-order chi connectivity index (χ1) is 34.1. The number of nitrogens with zero attached hydrogens (tertiary/aromatic N) is 1. The smallest absolute Gasteiger partial charge is 0.0553 e. The normalized spacial score (nSPS) is 12.3. The Hall–Kier alpha value is -9.04. The molecule has 1 heterocycles. The highest BCUT2D eigenvalue weighted by Gasteiger charge is 2.21. The molecule has 0 radical (unpaired) electrons. The van der Waals surface area contributed by atoms with Crippen LogP contribution in [0, 0.1) is 0 Å². The summed E-state index contributed by atoms with van der Waals surface area (Å²) in [4.78, 5) is 0. The maximum atomic E-state index is 2.54. The van der Waals surface area contributed by atoms with Crippen molar-refractivity contribution >= 4 is 108 Å². The Morgan fingerprint density at radius 1 is 0.188 bits per heavy atom. The molecule has 0 N–H and O–H groups in total. The number of hydrogen-bond donors (Lipinski definition) is 0. The van der Waals surface area contributed by atoms with Crippen LogP contribution in [0.3, 0.4) is 0 Å². The Balaban J connectivity index is 0.830. The van der Waals surface area contributed by atoms with Gasteiger partial charge >= 0.3 is 0 Å². The van der Waals surface area contributed by atoms with E-state index >= 15 is 0 Å². The third-order valence-electron chi connectivity index (χ3n) is 15.5. The van der Waals surface area contributed by atoms with Crippen LogP contribution in [0.2, 0.25) is 0 Å². The quantitative estimate of drug-likeness (QED) is 0.152. The van der Waals surface area contributed by atoms with Crippen LogP contribution < -0.4 is 0 Å². The van der Waals surface area contributed by atoms with E-state index in [1.165, 1.54) is 158 Å². The van der Waals surface area contributed by atoms with Crippen LogP contribution in [0.15, 0.2) is 237 Å². The highest BCUT2D eigenvalue weighted by molar-refractivity contribution is 6.27. The van der Waals surface area contributed by atoms with Gasteiger partial charge in [-0.25, -0.2) is 0 Å². The fraction of sp³-hybridized carbons (Fsp3) is 0. The first-order valence-electron chi connectivity index (χ1n) is 24.0. The van der Waals surface area contributed by atoms with Gasteiger partial charge < -0.3 is 4.57 Å². The topological polar surface area (TPSA) is 4.93 Å². The lowest BCUT2D eigenvalue weighted by Crippen LogP contribution is -1.96. The molecule has 0 unspecified atom stereocenters. The average Bonchev–Trinajstić information content (AvgIpc) is 3.75. The van der Waals surface area contributed by atoms with Crippen LogP contribution in [-0.2, 0) is 0 Å². The average molecular weight is 870 g/mol. The van der Waals surface area contributed by atoms with E-state index in [0.29, 0.717) is 0 Å². The van der Waals surface area contributed by atoms with E-state index in [1.54, 1.807) is 0 Å². The fourth-order valence-electron chi connectivity index (χ4n) is 12.3. The maximum Gasteiger partial charge on any atom is 0.0553 e. The monoisotopic (exact) mass is 869 g/mol. The molecule has 0 fully saturated rings. The summed E-state index contributed by atoms with van der Waals surface area (Å²) in [6.07, 6.45) is 0. The van der Waals surface area contributed by atoms with Crippen LogP contribution in [0.1, 0.15) is 0 Å². The van der Waals surface area contributed by atoms with E-state index in [9.17, 15) is 0 Å². The van der Waals surface area contributed by atoms with Crippen LogP contribution in [0.4, 0.5) is 0 Å². The molecule has 1 aromatic heterocycles. The molecule has 69 heavy (non-hydrogen) atoms. The minimum absolute atomic E-state index is 1.19. The van der Waals surface area contributed by atoms with Gasteiger partial charge in [0.15, 0.2) is 0 Å². The molecule has 0 saturated heterocycles. The molecule has 0 spiro atoms. The SMILES string of the molecule is c1ccc2c(-n3c4cc(-c5ccc(-c6cc7ccc8cccc9ccc(c6)c7c89)cc5)cc5ccc6cc(-c7ccc(-c8cc9ccc%10cccc%11ccc(c8)c9c%10%11)cc7)cc3c6c54)cccc2c1. The van der Waals surface area contributed by atoms with Gasteiger partial charge in [0.05, 0.1) is 16.7 Å². The van der Waals surface area contributed by atoms with Crippen molar-refractivity contribution in [3.63, 3.8) is 0 Å². The molecule has 1 nitrogen and oxygen atoms in total. The molecule has 0 amide bonds. The maximum absolute atomic E-state index is 2.54. The predicted molar refractivity (Wildman–Crippen MR) is 296 cm³/mol. The van der Waals surface area contributed by atoms with Crippen molar-refractivity contribution in [2.45, 2.75) is 0 Å². The van der Waals surface area contributed by atoms with Crippen LogP contribution in [-0.4, -0.2) is 4.57 Å². The highest BCUT2D eigenvalue weighted by Crippen LogP contribution is 2.45. The Morgan fingerprint density at radius 2 is 0.478 bits per heavy atom. The van der Waals surface area contributed by atoms with Gasteiger partial charge in [0, 0.05) is 16.2 Å². The van der Waals surface area contributed by atoms with Crippen LogP contribution >= 0.6 is 0 Å². The Kier molecular flexibility index (Phi) is 7.40. The van der Waals surface area contributed by atoms with Gasteiger partial charge in [-0.1, -0.05) is 182 Å². The summed E-state index contributed by atoms with van der Waals surface area (Å²) in [6.45, 7) is 0. The summed E-state index contributed by atoms with van der Waals surface area (Å²) in [5.41, 5.74) is 13.4. The van der Waals surface area contributed by atoms with Crippen molar-refractivity contribution in [3.8, 4) is 50.2 Å². The van der Waals surface area contributed by atoms with Crippen molar-refractivity contribution in [2.24, 2.45) is 0 Å². The Labute approximate surface area is 397 Å². The van der Waals surface area contributed by atoms with Gasteiger partial charge in [-0.15, -0.1) is 0 Å².